The fourth-order valence-corrected chi connectivity index (χ4v) is 7.18. The highest BCUT2D eigenvalue weighted by Crippen LogP contribution is 2.37. The van der Waals surface area contributed by atoms with Crippen molar-refractivity contribution in [3.05, 3.63) is 72.8 Å². The number of ether oxygens (including phenoxy) is 2. The van der Waals surface area contributed by atoms with Gasteiger partial charge in [-0.1, -0.05) is 36.4 Å². The molecule has 3 aromatic carbocycles. The number of hydrogen-bond acceptors (Lipinski definition) is 8. The van der Waals surface area contributed by atoms with Crippen LogP contribution < -0.4 is 14.8 Å². The molecule has 0 radical (unpaired) electrons. The average Bonchev–Trinajstić information content (AvgIpc) is 3.65. The van der Waals surface area contributed by atoms with Crippen LogP contribution in [-0.4, -0.2) is 58.5 Å². The molecule has 6 rings (SSSR count). The van der Waals surface area contributed by atoms with E-state index >= 15 is 0 Å². The lowest BCUT2D eigenvalue weighted by Crippen LogP contribution is -2.35. The minimum absolute atomic E-state index is 0.175. The Hall–Kier alpha value is -3.87. The number of hydrogen-bond donors (Lipinski definition) is 1. The van der Waals surface area contributed by atoms with Crippen LogP contribution in [0.25, 0.3) is 17.1 Å². The van der Waals surface area contributed by atoms with Crippen LogP contribution in [-0.2, 0) is 14.8 Å². The van der Waals surface area contributed by atoms with E-state index in [0.717, 1.165) is 30.5 Å². The van der Waals surface area contributed by atoms with Crippen LogP contribution in [0.2, 0.25) is 0 Å². The minimum Gasteiger partial charge on any atom is -0.454 e. The molecule has 0 spiro atoms. The Balaban J connectivity index is 1.19. The Morgan fingerprint density at radius 1 is 0.927 bits per heavy atom. The number of benzene rings is 3. The summed E-state index contributed by atoms with van der Waals surface area (Å²) in [5.41, 5.74) is 2.17. The summed E-state index contributed by atoms with van der Waals surface area (Å²) in [6, 6.07) is 21.6. The molecule has 1 fully saturated rings. The normalized spacial score (nSPS) is 15.9. The van der Waals surface area contributed by atoms with E-state index in [4.69, 9.17) is 9.47 Å². The standard InChI is InChI=1S/C29H29N5O5S2/c1-20(28(35)30-22-11-13-24(14-12-22)41(36,37)33-16-6-3-7-17-33)40-29-32-31-27(34(29)23-8-4-2-5-9-23)21-10-15-25-26(18-21)39-19-38-25/h2,4-5,8-15,18,20H,3,6-7,16-17,19H2,1H3,(H,30,35)/t20-/m0/s1. The number of carbonyl (C=O) groups is 1. The zero-order valence-electron chi connectivity index (χ0n) is 22.4. The van der Waals surface area contributed by atoms with E-state index in [1.165, 1.54) is 16.1 Å². The number of sulfonamides is 1. The SMILES string of the molecule is C[C@H](Sc1nnc(-c2ccc3c(c2)OCO3)n1-c1ccccc1)C(=O)Nc1ccc(S(=O)(=O)N2CCCCC2)cc1. The molecule has 41 heavy (non-hydrogen) atoms. The lowest BCUT2D eigenvalue weighted by atomic mass is 10.2. The summed E-state index contributed by atoms with van der Waals surface area (Å²) in [5.74, 6) is 1.68. The second kappa shape index (κ2) is 11.6. The molecule has 1 saturated heterocycles. The number of piperidine rings is 1. The first-order chi connectivity index (χ1) is 19.9. The van der Waals surface area contributed by atoms with Crippen LogP contribution in [0.5, 0.6) is 11.5 Å². The molecule has 212 valence electrons. The van der Waals surface area contributed by atoms with Gasteiger partial charge in [0, 0.05) is 30.0 Å². The van der Waals surface area contributed by atoms with Gasteiger partial charge in [0.2, 0.25) is 22.7 Å². The summed E-state index contributed by atoms with van der Waals surface area (Å²) in [6.07, 6.45) is 2.80. The molecule has 4 aromatic rings. The largest absolute Gasteiger partial charge is 0.454 e. The van der Waals surface area contributed by atoms with E-state index in [1.54, 1.807) is 31.2 Å². The molecule has 10 nitrogen and oxygen atoms in total. The summed E-state index contributed by atoms with van der Waals surface area (Å²) in [7, 11) is -3.54. The lowest BCUT2D eigenvalue weighted by molar-refractivity contribution is -0.115. The highest BCUT2D eigenvalue weighted by Gasteiger charge is 2.27. The quantitative estimate of drug-likeness (QED) is 0.286. The zero-order chi connectivity index (χ0) is 28.4. The van der Waals surface area contributed by atoms with Crippen LogP contribution >= 0.6 is 11.8 Å². The van der Waals surface area contributed by atoms with Crippen molar-refractivity contribution < 1.29 is 22.7 Å². The Morgan fingerprint density at radius 3 is 2.41 bits per heavy atom. The number of thioether (sulfide) groups is 1. The number of nitrogens with one attached hydrogen (secondary N) is 1. The first-order valence-corrected chi connectivity index (χ1v) is 15.7. The fourth-order valence-electron chi connectivity index (χ4n) is 4.80. The second-order valence-electron chi connectivity index (χ2n) is 9.78. The van der Waals surface area contributed by atoms with Crippen LogP contribution in [0.1, 0.15) is 26.2 Å². The molecule has 2 aliphatic heterocycles. The molecule has 1 amide bonds. The van der Waals surface area contributed by atoms with Crippen molar-refractivity contribution in [1.82, 2.24) is 19.1 Å². The number of anilines is 1. The Bertz CT molecular complexity index is 1650. The van der Waals surface area contributed by atoms with Crippen LogP contribution in [0.4, 0.5) is 5.69 Å². The molecule has 0 unspecified atom stereocenters. The van der Waals surface area contributed by atoms with E-state index < -0.39 is 15.3 Å². The average molecular weight is 592 g/mol. The van der Waals surface area contributed by atoms with Crippen molar-refractivity contribution in [3.8, 4) is 28.6 Å². The molecule has 3 heterocycles. The summed E-state index contributed by atoms with van der Waals surface area (Å²) >= 11 is 1.28. The van der Waals surface area contributed by atoms with Gasteiger partial charge in [-0.15, -0.1) is 10.2 Å². The van der Waals surface area contributed by atoms with E-state index in [9.17, 15) is 13.2 Å². The van der Waals surface area contributed by atoms with Crippen LogP contribution in [0.15, 0.2) is 82.8 Å². The summed E-state index contributed by atoms with van der Waals surface area (Å²) in [6.45, 7) is 3.05. The number of carbonyl (C=O) groups excluding carboxylic acids is 1. The van der Waals surface area contributed by atoms with Crippen LogP contribution in [0, 0.1) is 0 Å². The van der Waals surface area contributed by atoms with Crippen LogP contribution in [0.3, 0.4) is 0 Å². The smallest absolute Gasteiger partial charge is 0.243 e. The van der Waals surface area contributed by atoms with Gasteiger partial charge in [0.05, 0.1) is 10.1 Å². The number of amides is 1. The molecule has 2 aliphatic rings. The highest BCUT2D eigenvalue weighted by atomic mass is 32.2. The van der Waals surface area contributed by atoms with Crippen molar-refractivity contribution in [2.24, 2.45) is 0 Å². The molecular formula is C29H29N5O5S2. The molecule has 1 aromatic heterocycles. The molecule has 1 atom stereocenters. The van der Waals surface area contributed by atoms with E-state index in [1.807, 2.05) is 53.1 Å². The van der Waals surface area contributed by atoms with E-state index in [0.29, 0.717) is 41.3 Å². The number of para-hydroxylation sites is 1. The molecular weight excluding hydrogens is 562 g/mol. The third-order valence-corrected chi connectivity index (χ3v) is 9.96. The Morgan fingerprint density at radius 2 is 1.66 bits per heavy atom. The van der Waals surface area contributed by atoms with E-state index in [2.05, 4.69) is 15.5 Å². The summed E-state index contributed by atoms with van der Waals surface area (Å²) in [5, 5.41) is 11.8. The van der Waals surface area contributed by atoms with Gasteiger partial charge in [0.1, 0.15) is 0 Å². The number of rotatable bonds is 8. The van der Waals surface area contributed by atoms with Crippen molar-refractivity contribution in [2.75, 3.05) is 25.2 Å². The minimum atomic E-state index is -3.54. The summed E-state index contributed by atoms with van der Waals surface area (Å²) in [4.78, 5) is 13.4. The van der Waals surface area contributed by atoms with E-state index in [-0.39, 0.29) is 17.6 Å². The number of fused-ring (bicyclic) bond motifs is 1. The van der Waals surface area contributed by atoms with Gasteiger partial charge in [-0.25, -0.2) is 8.42 Å². The maximum Gasteiger partial charge on any atom is 0.243 e. The lowest BCUT2D eigenvalue weighted by Gasteiger charge is -2.25. The number of nitrogens with zero attached hydrogens (tertiary/aromatic N) is 4. The molecule has 0 aliphatic carbocycles. The molecule has 0 bridgehead atoms. The van der Waals surface area contributed by atoms with Gasteiger partial charge in [-0.2, -0.15) is 4.31 Å². The van der Waals surface area contributed by atoms with Gasteiger partial charge in [-0.05, 0) is 74.4 Å². The second-order valence-corrected chi connectivity index (χ2v) is 13.0. The van der Waals surface area contributed by atoms with Gasteiger partial charge in [-0.3, -0.25) is 9.36 Å². The third-order valence-electron chi connectivity index (χ3n) is 7.00. The molecule has 0 saturated carbocycles. The van der Waals surface area contributed by atoms with Crippen molar-refractivity contribution in [3.63, 3.8) is 0 Å². The van der Waals surface area contributed by atoms with Gasteiger partial charge in [0.25, 0.3) is 0 Å². The monoisotopic (exact) mass is 591 g/mol. The van der Waals surface area contributed by atoms with Crippen molar-refractivity contribution in [2.45, 2.75) is 41.5 Å². The number of aromatic nitrogens is 3. The summed E-state index contributed by atoms with van der Waals surface area (Å²) < 4.78 is 40.3. The third kappa shape index (κ3) is 5.67. The van der Waals surface area contributed by atoms with Crippen molar-refractivity contribution in [1.29, 1.82) is 0 Å². The molecule has 1 N–H and O–H groups in total. The molecule has 12 heteroatoms. The maximum atomic E-state index is 13.2. The predicted molar refractivity (Wildman–Crippen MR) is 156 cm³/mol. The first kappa shape index (κ1) is 27.3. The van der Waals surface area contributed by atoms with Crippen molar-refractivity contribution >= 4 is 33.4 Å². The first-order valence-electron chi connectivity index (χ1n) is 13.4. The zero-order valence-corrected chi connectivity index (χ0v) is 24.0. The topological polar surface area (TPSA) is 116 Å². The van der Waals surface area contributed by atoms with Gasteiger partial charge < -0.3 is 14.8 Å². The Labute approximate surface area is 242 Å². The fraction of sp³-hybridized carbons (Fsp3) is 0.276. The predicted octanol–water partition coefficient (Wildman–Crippen LogP) is 4.96. The Kier molecular flexibility index (Phi) is 7.69. The van der Waals surface area contributed by atoms with Gasteiger partial charge in [0.15, 0.2) is 22.5 Å². The van der Waals surface area contributed by atoms with Gasteiger partial charge >= 0.3 is 0 Å². The maximum absolute atomic E-state index is 13.2. The highest BCUT2D eigenvalue weighted by molar-refractivity contribution is 8.00.